The molecule has 1 aliphatic rings. The minimum Gasteiger partial charge on any atom is -0.476 e. The first-order valence-corrected chi connectivity index (χ1v) is 7.12. The van der Waals surface area contributed by atoms with E-state index in [0.29, 0.717) is 6.61 Å². The van der Waals surface area contributed by atoms with Crippen LogP contribution in [0, 0.1) is 0 Å². The van der Waals surface area contributed by atoms with E-state index in [1.165, 1.54) is 11.3 Å². The number of fused-ring (bicyclic) bond motifs is 3. The Labute approximate surface area is 126 Å². The molecule has 4 rings (SSSR count). The number of benzene rings is 1. The third-order valence-electron chi connectivity index (χ3n) is 4.13. The number of rotatable bonds is 2. The van der Waals surface area contributed by atoms with Gasteiger partial charge in [0.2, 0.25) is 0 Å². The van der Waals surface area contributed by atoms with E-state index in [9.17, 15) is 4.79 Å². The van der Waals surface area contributed by atoms with Crippen LogP contribution in [0.5, 0.6) is 0 Å². The van der Waals surface area contributed by atoms with Crippen LogP contribution in [0.3, 0.4) is 0 Å². The Morgan fingerprint density at radius 2 is 2.27 bits per heavy atom. The maximum Gasteiger partial charge on any atom is 0.356 e. The van der Waals surface area contributed by atoms with Gasteiger partial charge in [-0.2, -0.15) is 5.10 Å². The molecular weight excluding hydrogens is 282 g/mol. The van der Waals surface area contributed by atoms with Crippen molar-refractivity contribution in [3.8, 4) is 11.3 Å². The molecule has 2 aromatic heterocycles. The summed E-state index contributed by atoms with van der Waals surface area (Å²) in [5, 5.41) is 14.2. The zero-order valence-corrected chi connectivity index (χ0v) is 12.1. The molecule has 0 unspecified atom stereocenters. The summed E-state index contributed by atoms with van der Waals surface area (Å²) in [5.74, 6) is -1.02. The number of nitrogens with one attached hydrogen (secondary N) is 1. The van der Waals surface area contributed by atoms with Crippen LogP contribution in [0.2, 0.25) is 0 Å². The molecule has 112 valence electrons. The Kier molecular flexibility index (Phi) is 2.80. The topological polar surface area (TPSA) is 80.1 Å². The molecule has 22 heavy (non-hydrogen) atoms. The minimum atomic E-state index is -1.02. The summed E-state index contributed by atoms with van der Waals surface area (Å²) in [6.07, 6.45) is 0.897. The number of H-pyrrole nitrogens is 1. The second-order valence-corrected chi connectivity index (χ2v) is 5.49. The fourth-order valence-electron chi connectivity index (χ4n) is 3.03. The monoisotopic (exact) mass is 297 g/mol. The Morgan fingerprint density at radius 1 is 1.41 bits per heavy atom. The van der Waals surface area contributed by atoms with Gasteiger partial charge < -0.3 is 14.8 Å². The first-order chi connectivity index (χ1) is 10.6. The molecule has 6 heteroatoms. The molecule has 1 aliphatic heterocycles. The van der Waals surface area contributed by atoms with E-state index < -0.39 is 5.97 Å². The predicted octanol–water partition coefficient (Wildman–Crippen LogP) is 2.34. The van der Waals surface area contributed by atoms with Crippen molar-refractivity contribution in [3.63, 3.8) is 0 Å². The van der Waals surface area contributed by atoms with E-state index in [-0.39, 0.29) is 5.69 Å². The highest BCUT2D eigenvalue weighted by atomic mass is 16.5. The molecule has 3 heterocycles. The Morgan fingerprint density at radius 3 is 3.05 bits per heavy atom. The van der Waals surface area contributed by atoms with Crippen molar-refractivity contribution in [3.05, 3.63) is 41.2 Å². The third-order valence-corrected chi connectivity index (χ3v) is 4.13. The van der Waals surface area contributed by atoms with Crippen molar-refractivity contribution in [2.75, 3.05) is 6.61 Å². The fourth-order valence-corrected chi connectivity index (χ4v) is 3.03. The molecule has 0 spiro atoms. The maximum absolute atomic E-state index is 11.1. The van der Waals surface area contributed by atoms with Crippen molar-refractivity contribution >= 4 is 16.9 Å². The summed E-state index contributed by atoms with van der Waals surface area (Å²) in [6.45, 7) is 1.36. The molecule has 1 aromatic carbocycles. The maximum atomic E-state index is 11.1. The third kappa shape index (κ3) is 1.92. The molecule has 0 saturated carbocycles. The van der Waals surface area contributed by atoms with Crippen molar-refractivity contribution in [1.29, 1.82) is 0 Å². The molecule has 2 N–H and O–H groups in total. The molecule has 0 bridgehead atoms. The number of hydrogen-bond donors (Lipinski definition) is 2. The largest absolute Gasteiger partial charge is 0.476 e. The zero-order valence-electron chi connectivity index (χ0n) is 12.1. The summed E-state index contributed by atoms with van der Waals surface area (Å²) < 4.78 is 7.15. The van der Waals surface area contributed by atoms with E-state index in [4.69, 9.17) is 9.84 Å². The van der Waals surface area contributed by atoms with E-state index in [2.05, 4.69) is 16.1 Å². The van der Waals surface area contributed by atoms with Crippen LogP contribution in [-0.4, -0.2) is 32.4 Å². The average Bonchev–Trinajstić information content (AvgIpc) is 3.07. The van der Waals surface area contributed by atoms with Gasteiger partial charge in [-0.15, -0.1) is 0 Å². The van der Waals surface area contributed by atoms with Crippen LogP contribution < -0.4 is 0 Å². The lowest BCUT2D eigenvalue weighted by Crippen LogP contribution is -2.08. The number of carboxylic acids is 1. The number of carbonyl (C=O) groups is 1. The smallest absolute Gasteiger partial charge is 0.356 e. The van der Waals surface area contributed by atoms with E-state index >= 15 is 0 Å². The van der Waals surface area contributed by atoms with Gasteiger partial charge in [-0.25, -0.2) is 4.79 Å². The van der Waals surface area contributed by atoms with Crippen molar-refractivity contribution in [2.24, 2.45) is 7.05 Å². The van der Waals surface area contributed by atoms with E-state index in [1.54, 1.807) is 17.8 Å². The van der Waals surface area contributed by atoms with Crippen molar-refractivity contribution < 1.29 is 14.6 Å². The second-order valence-electron chi connectivity index (χ2n) is 5.49. The first kappa shape index (κ1) is 13.1. The number of carboxylic acid groups (broad SMARTS) is 1. The van der Waals surface area contributed by atoms with Crippen LogP contribution in [-0.2, 0) is 24.8 Å². The fraction of sp³-hybridized carbons (Fsp3) is 0.250. The van der Waals surface area contributed by atoms with Crippen molar-refractivity contribution in [1.82, 2.24) is 14.8 Å². The SMILES string of the molecule is Cn1nc(C(=O)O)cc1-c1ccc2[nH]c3c(c2c1)COCC3. The molecule has 0 amide bonds. The highest BCUT2D eigenvalue weighted by Gasteiger charge is 2.18. The molecule has 0 fully saturated rings. The van der Waals surface area contributed by atoms with Gasteiger partial charge in [0, 0.05) is 41.2 Å². The molecule has 0 saturated heterocycles. The lowest BCUT2D eigenvalue weighted by atomic mass is 10.0. The Bertz CT molecular complexity index is 892. The van der Waals surface area contributed by atoms with Gasteiger partial charge in [0.25, 0.3) is 0 Å². The van der Waals surface area contributed by atoms with Crippen LogP contribution in [0.25, 0.3) is 22.2 Å². The number of aromatic nitrogens is 3. The van der Waals surface area contributed by atoms with Gasteiger partial charge in [-0.05, 0) is 18.2 Å². The molecule has 0 aliphatic carbocycles. The number of ether oxygens (including phenoxy) is 1. The average molecular weight is 297 g/mol. The quantitative estimate of drug-likeness (QED) is 0.761. The number of hydrogen-bond acceptors (Lipinski definition) is 3. The summed E-state index contributed by atoms with van der Waals surface area (Å²) in [6, 6.07) is 7.67. The Balaban J connectivity index is 1.87. The normalized spacial score (nSPS) is 14.2. The number of aryl methyl sites for hydroxylation is 1. The summed E-state index contributed by atoms with van der Waals surface area (Å²) in [4.78, 5) is 14.5. The number of nitrogens with zero attached hydrogens (tertiary/aromatic N) is 2. The molecule has 6 nitrogen and oxygen atoms in total. The molecule has 0 radical (unpaired) electrons. The lowest BCUT2D eigenvalue weighted by Gasteiger charge is -2.12. The highest BCUT2D eigenvalue weighted by Crippen LogP contribution is 2.30. The van der Waals surface area contributed by atoms with Crippen molar-refractivity contribution in [2.45, 2.75) is 13.0 Å². The number of aromatic amines is 1. The van der Waals surface area contributed by atoms with Crippen LogP contribution in [0.1, 0.15) is 21.7 Å². The van der Waals surface area contributed by atoms with Gasteiger partial charge in [0.1, 0.15) is 0 Å². The summed E-state index contributed by atoms with van der Waals surface area (Å²) in [5.41, 5.74) is 5.30. The summed E-state index contributed by atoms with van der Waals surface area (Å²) >= 11 is 0. The van der Waals surface area contributed by atoms with Gasteiger partial charge in [0.05, 0.1) is 18.9 Å². The molecular formula is C16H15N3O3. The second kappa shape index (κ2) is 4.71. The Hall–Kier alpha value is -2.60. The molecule has 0 atom stereocenters. The van der Waals surface area contributed by atoms with Gasteiger partial charge in [0.15, 0.2) is 5.69 Å². The van der Waals surface area contributed by atoms with Gasteiger partial charge >= 0.3 is 5.97 Å². The van der Waals surface area contributed by atoms with E-state index in [1.807, 2.05) is 12.1 Å². The highest BCUT2D eigenvalue weighted by molar-refractivity contribution is 5.90. The van der Waals surface area contributed by atoms with E-state index in [0.717, 1.165) is 35.2 Å². The lowest BCUT2D eigenvalue weighted by molar-refractivity contribution is 0.0689. The zero-order chi connectivity index (χ0) is 15.3. The number of aromatic carboxylic acids is 1. The first-order valence-electron chi connectivity index (χ1n) is 7.12. The predicted molar refractivity (Wildman–Crippen MR) is 80.8 cm³/mol. The summed E-state index contributed by atoms with van der Waals surface area (Å²) in [7, 11) is 1.75. The van der Waals surface area contributed by atoms with Gasteiger partial charge in [-0.3, -0.25) is 4.68 Å². The van der Waals surface area contributed by atoms with Crippen LogP contribution in [0.4, 0.5) is 0 Å². The minimum absolute atomic E-state index is 0.0528. The molecule has 3 aromatic rings. The standard InChI is InChI=1S/C16H15N3O3/c1-19-15(7-14(18-19)16(20)21)9-2-3-12-10(6-9)11-8-22-5-4-13(11)17-12/h2-3,6-7,17H,4-5,8H2,1H3,(H,20,21). The van der Waals surface area contributed by atoms with Gasteiger partial charge in [-0.1, -0.05) is 6.07 Å². The van der Waals surface area contributed by atoms with Crippen LogP contribution in [0.15, 0.2) is 24.3 Å². The van der Waals surface area contributed by atoms with Crippen LogP contribution >= 0.6 is 0 Å².